The first kappa shape index (κ1) is 23.8. The van der Waals surface area contributed by atoms with E-state index in [0.29, 0.717) is 18.2 Å². The van der Waals surface area contributed by atoms with Crippen molar-refractivity contribution in [3.05, 3.63) is 94.3 Å². The van der Waals surface area contributed by atoms with E-state index in [-0.39, 0.29) is 11.8 Å². The van der Waals surface area contributed by atoms with Crippen LogP contribution in [-0.4, -0.2) is 22.4 Å². The molecule has 0 spiro atoms. The number of hydrogen-bond donors (Lipinski definition) is 2. The van der Waals surface area contributed by atoms with E-state index in [4.69, 9.17) is 21.3 Å². The number of nitrogens with one attached hydrogen (secondary N) is 2. The Kier molecular flexibility index (Phi) is 7.86. The first-order valence-corrected chi connectivity index (χ1v) is 12.0. The van der Waals surface area contributed by atoms with Crippen molar-refractivity contribution in [3.8, 4) is 5.75 Å². The highest BCUT2D eigenvalue weighted by molar-refractivity contribution is 6.30. The lowest BCUT2D eigenvalue weighted by Gasteiger charge is -2.13. The summed E-state index contributed by atoms with van der Waals surface area (Å²) < 4.78 is 5.82. The Morgan fingerprint density at radius 1 is 1.06 bits per heavy atom. The van der Waals surface area contributed by atoms with Crippen LogP contribution in [-0.2, 0) is 24.2 Å². The second kappa shape index (κ2) is 11.2. The number of rotatable bonds is 10. The number of aromatic amines is 1. The molecular formula is C28H30ClN3O2. The van der Waals surface area contributed by atoms with Gasteiger partial charge in [0.15, 0.2) is 0 Å². The van der Waals surface area contributed by atoms with Gasteiger partial charge in [0.1, 0.15) is 18.2 Å². The Hall–Kier alpha value is -3.31. The fourth-order valence-corrected chi connectivity index (χ4v) is 4.10. The number of amides is 1. The number of imidazole rings is 1. The Morgan fingerprint density at radius 2 is 1.82 bits per heavy atom. The van der Waals surface area contributed by atoms with Crippen molar-refractivity contribution in [2.45, 2.75) is 39.7 Å². The number of aryl methyl sites for hydroxylation is 2. The predicted molar refractivity (Wildman–Crippen MR) is 137 cm³/mol. The van der Waals surface area contributed by atoms with Crippen molar-refractivity contribution in [2.75, 3.05) is 6.54 Å². The molecule has 0 radical (unpaired) electrons. The van der Waals surface area contributed by atoms with Crippen molar-refractivity contribution in [2.24, 2.45) is 5.92 Å². The second-order valence-electron chi connectivity index (χ2n) is 8.64. The maximum absolute atomic E-state index is 12.5. The van der Waals surface area contributed by atoms with Crippen LogP contribution in [0.1, 0.15) is 35.9 Å². The van der Waals surface area contributed by atoms with Gasteiger partial charge in [0.2, 0.25) is 5.91 Å². The lowest BCUT2D eigenvalue weighted by Crippen LogP contribution is -2.31. The van der Waals surface area contributed by atoms with Gasteiger partial charge in [-0.15, -0.1) is 0 Å². The van der Waals surface area contributed by atoms with Crippen molar-refractivity contribution in [1.29, 1.82) is 0 Å². The standard InChI is InChI=1S/C28H30ClN3O2/c1-19(28(33)30-17-16-21-6-4-3-5-7-21)8-9-22-10-15-25-27(20(22)2)32-26(31-25)18-34-24-13-11-23(29)12-14-24/h3-7,10-15,19H,8-9,16-18H2,1-2H3,(H,30,33)(H,31,32). The lowest BCUT2D eigenvalue weighted by molar-refractivity contribution is -0.124. The molecular weight excluding hydrogens is 446 g/mol. The zero-order valence-corrected chi connectivity index (χ0v) is 20.4. The van der Waals surface area contributed by atoms with Gasteiger partial charge in [0.25, 0.3) is 0 Å². The third-order valence-corrected chi connectivity index (χ3v) is 6.36. The molecule has 0 aliphatic carbocycles. The Bertz CT molecular complexity index is 1240. The van der Waals surface area contributed by atoms with E-state index in [1.165, 1.54) is 11.1 Å². The first-order chi connectivity index (χ1) is 16.5. The van der Waals surface area contributed by atoms with Crippen molar-refractivity contribution < 1.29 is 9.53 Å². The molecule has 4 rings (SSSR count). The SMILES string of the molecule is Cc1c(CCC(C)C(=O)NCCc2ccccc2)ccc2[nH]c(COc3ccc(Cl)cc3)nc12. The summed E-state index contributed by atoms with van der Waals surface area (Å²) in [6, 6.07) is 21.7. The molecule has 6 heteroatoms. The van der Waals surface area contributed by atoms with Gasteiger partial charge in [0.05, 0.1) is 11.0 Å². The molecule has 0 saturated carbocycles. The van der Waals surface area contributed by atoms with Crippen molar-refractivity contribution >= 4 is 28.5 Å². The molecule has 1 atom stereocenters. The molecule has 1 heterocycles. The van der Waals surface area contributed by atoms with Gasteiger partial charge in [0, 0.05) is 17.5 Å². The Labute approximate surface area is 205 Å². The molecule has 5 nitrogen and oxygen atoms in total. The second-order valence-corrected chi connectivity index (χ2v) is 9.07. The summed E-state index contributed by atoms with van der Waals surface area (Å²) in [5.74, 6) is 1.58. The average Bonchev–Trinajstić information content (AvgIpc) is 3.28. The van der Waals surface area contributed by atoms with E-state index in [1.54, 1.807) is 12.1 Å². The number of carbonyl (C=O) groups is 1. The van der Waals surface area contributed by atoms with Crippen molar-refractivity contribution in [3.63, 3.8) is 0 Å². The van der Waals surface area contributed by atoms with E-state index in [2.05, 4.69) is 41.5 Å². The van der Waals surface area contributed by atoms with Gasteiger partial charge >= 0.3 is 0 Å². The molecule has 1 aromatic heterocycles. The molecule has 176 valence electrons. The van der Waals surface area contributed by atoms with E-state index in [9.17, 15) is 4.79 Å². The maximum atomic E-state index is 12.5. The molecule has 0 aliphatic rings. The molecule has 0 fully saturated rings. The van der Waals surface area contributed by atoms with Crippen LogP contribution in [0, 0.1) is 12.8 Å². The zero-order chi connectivity index (χ0) is 23.9. The molecule has 0 aliphatic heterocycles. The van der Waals surface area contributed by atoms with Crippen LogP contribution in [0.4, 0.5) is 0 Å². The summed E-state index contributed by atoms with van der Waals surface area (Å²) in [4.78, 5) is 20.6. The van der Waals surface area contributed by atoms with Crippen LogP contribution in [0.2, 0.25) is 5.02 Å². The van der Waals surface area contributed by atoms with Gasteiger partial charge < -0.3 is 15.0 Å². The quantitative estimate of drug-likeness (QED) is 0.294. The van der Waals surface area contributed by atoms with Crippen LogP contribution in [0.5, 0.6) is 5.75 Å². The maximum Gasteiger partial charge on any atom is 0.222 e. The van der Waals surface area contributed by atoms with Crippen LogP contribution in [0.25, 0.3) is 11.0 Å². The fourth-order valence-electron chi connectivity index (χ4n) is 3.98. The molecule has 1 unspecified atom stereocenters. The molecule has 0 saturated heterocycles. The largest absolute Gasteiger partial charge is 0.486 e. The third kappa shape index (κ3) is 6.17. The smallest absolute Gasteiger partial charge is 0.222 e. The monoisotopic (exact) mass is 475 g/mol. The first-order valence-electron chi connectivity index (χ1n) is 11.7. The predicted octanol–water partition coefficient (Wildman–Crippen LogP) is 6.03. The summed E-state index contributed by atoms with van der Waals surface area (Å²) in [6.45, 7) is 5.09. The lowest BCUT2D eigenvalue weighted by atomic mass is 9.97. The minimum atomic E-state index is -0.0478. The average molecular weight is 476 g/mol. The van der Waals surface area contributed by atoms with E-state index in [1.807, 2.05) is 37.3 Å². The molecule has 2 N–H and O–H groups in total. The molecule has 3 aromatic carbocycles. The summed E-state index contributed by atoms with van der Waals surface area (Å²) in [7, 11) is 0. The number of H-pyrrole nitrogens is 1. The summed E-state index contributed by atoms with van der Waals surface area (Å²) >= 11 is 5.93. The molecule has 0 bridgehead atoms. The third-order valence-electron chi connectivity index (χ3n) is 6.11. The Morgan fingerprint density at radius 3 is 2.59 bits per heavy atom. The van der Waals surface area contributed by atoms with Gasteiger partial charge in [-0.25, -0.2) is 4.98 Å². The number of ether oxygens (including phenoxy) is 1. The highest BCUT2D eigenvalue weighted by Crippen LogP contribution is 2.23. The minimum Gasteiger partial charge on any atom is -0.486 e. The van der Waals surface area contributed by atoms with Gasteiger partial charge in [-0.05, 0) is 73.2 Å². The van der Waals surface area contributed by atoms with E-state index >= 15 is 0 Å². The van der Waals surface area contributed by atoms with Crippen LogP contribution in [0.3, 0.4) is 0 Å². The molecule has 4 aromatic rings. The fraction of sp³-hybridized carbons (Fsp3) is 0.286. The molecule has 1 amide bonds. The van der Waals surface area contributed by atoms with Crippen LogP contribution >= 0.6 is 11.6 Å². The van der Waals surface area contributed by atoms with Crippen LogP contribution in [0.15, 0.2) is 66.7 Å². The minimum absolute atomic E-state index is 0.0478. The van der Waals surface area contributed by atoms with E-state index < -0.39 is 0 Å². The van der Waals surface area contributed by atoms with Gasteiger partial charge in [-0.3, -0.25) is 4.79 Å². The summed E-state index contributed by atoms with van der Waals surface area (Å²) in [5, 5.41) is 3.75. The molecule has 34 heavy (non-hydrogen) atoms. The zero-order valence-electron chi connectivity index (χ0n) is 19.6. The summed E-state index contributed by atoms with van der Waals surface area (Å²) in [5.41, 5.74) is 5.53. The summed E-state index contributed by atoms with van der Waals surface area (Å²) in [6.07, 6.45) is 2.47. The van der Waals surface area contributed by atoms with E-state index in [0.717, 1.165) is 47.4 Å². The van der Waals surface area contributed by atoms with Crippen molar-refractivity contribution in [1.82, 2.24) is 15.3 Å². The number of hydrogen-bond acceptors (Lipinski definition) is 3. The number of benzene rings is 3. The number of carbonyl (C=O) groups excluding carboxylic acids is 1. The number of fused-ring (bicyclic) bond motifs is 1. The Balaban J connectivity index is 1.30. The van der Waals surface area contributed by atoms with Crippen LogP contribution < -0.4 is 10.1 Å². The number of halogens is 1. The number of nitrogens with zero attached hydrogens (tertiary/aromatic N) is 1. The number of aromatic nitrogens is 2. The normalized spacial score (nSPS) is 12.0. The topological polar surface area (TPSA) is 67.0 Å². The van der Waals surface area contributed by atoms with Gasteiger partial charge in [-0.1, -0.05) is 54.9 Å². The highest BCUT2D eigenvalue weighted by Gasteiger charge is 2.15. The highest BCUT2D eigenvalue weighted by atomic mass is 35.5. The van der Waals surface area contributed by atoms with Gasteiger partial charge in [-0.2, -0.15) is 0 Å².